The number of carbonyl (C=O) groups is 1. The molecule has 0 aliphatic rings. The standard InChI is InChI=1S/C17H20N2O3/c1-12(2)16(17(20)21)18-11-13-7-6-10-15(19-13)22-14-8-4-3-5-9-14/h3-10,12,16,18H,11H2,1-2H3,(H,20,21). The molecule has 0 saturated carbocycles. The third-order valence-electron chi connectivity index (χ3n) is 3.18. The number of benzene rings is 1. The van der Waals surface area contributed by atoms with Crippen LogP contribution >= 0.6 is 0 Å². The highest BCUT2D eigenvalue weighted by Gasteiger charge is 2.20. The first-order valence-corrected chi connectivity index (χ1v) is 7.21. The van der Waals surface area contributed by atoms with Crippen molar-refractivity contribution in [3.63, 3.8) is 0 Å². The van der Waals surface area contributed by atoms with Gasteiger partial charge in [0, 0.05) is 12.6 Å². The van der Waals surface area contributed by atoms with Gasteiger partial charge in [-0.3, -0.25) is 10.1 Å². The Morgan fingerprint density at radius 1 is 1.18 bits per heavy atom. The molecule has 0 aliphatic heterocycles. The van der Waals surface area contributed by atoms with E-state index in [0.717, 1.165) is 5.69 Å². The van der Waals surface area contributed by atoms with Crippen LogP contribution in [0.1, 0.15) is 19.5 Å². The molecule has 0 bridgehead atoms. The third kappa shape index (κ3) is 4.56. The molecule has 1 aromatic carbocycles. The molecular weight excluding hydrogens is 280 g/mol. The number of rotatable bonds is 7. The maximum Gasteiger partial charge on any atom is 0.320 e. The Labute approximate surface area is 130 Å². The number of hydrogen-bond acceptors (Lipinski definition) is 4. The summed E-state index contributed by atoms with van der Waals surface area (Å²) in [6.45, 7) is 4.11. The van der Waals surface area contributed by atoms with Crippen LogP contribution in [0.15, 0.2) is 48.5 Å². The molecule has 116 valence electrons. The summed E-state index contributed by atoms with van der Waals surface area (Å²) in [6.07, 6.45) is 0. The summed E-state index contributed by atoms with van der Waals surface area (Å²) in [5.41, 5.74) is 0.736. The number of hydrogen-bond donors (Lipinski definition) is 2. The lowest BCUT2D eigenvalue weighted by Gasteiger charge is -2.17. The van der Waals surface area contributed by atoms with Crippen molar-refractivity contribution in [3.05, 3.63) is 54.2 Å². The third-order valence-corrected chi connectivity index (χ3v) is 3.18. The van der Waals surface area contributed by atoms with E-state index < -0.39 is 12.0 Å². The minimum Gasteiger partial charge on any atom is -0.480 e. The predicted octanol–water partition coefficient (Wildman–Crippen LogP) is 3.07. The lowest BCUT2D eigenvalue weighted by Crippen LogP contribution is -2.40. The number of carboxylic acids is 1. The zero-order valence-corrected chi connectivity index (χ0v) is 12.7. The largest absolute Gasteiger partial charge is 0.480 e. The first-order chi connectivity index (χ1) is 10.6. The van der Waals surface area contributed by atoms with Crippen molar-refractivity contribution in [3.8, 4) is 11.6 Å². The van der Waals surface area contributed by atoms with Crippen LogP contribution in [-0.4, -0.2) is 22.1 Å². The second kappa shape index (κ2) is 7.56. The van der Waals surface area contributed by atoms with E-state index >= 15 is 0 Å². The fourth-order valence-corrected chi connectivity index (χ4v) is 2.04. The van der Waals surface area contributed by atoms with Crippen molar-refractivity contribution in [2.45, 2.75) is 26.4 Å². The first-order valence-electron chi connectivity index (χ1n) is 7.21. The molecule has 2 rings (SSSR count). The highest BCUT2D eigenvalue weighted by Crippen LogP contribution is 2.18. The van der Waals surface area contributed by atoms with Crippen molar-refractivity contribution in [1.82, 2.24) is 10.3 Å². The van der Waals surface area contributed by atoms with Crippen molar-refractivity contribution in [1.29, 1.82) is 0 Å². The van der Waals surface area contributed by atoms with Crippen LogP contribution < -0.4 is 10.1 Å². The SMILES string of the molecule is CC(C)C(NCc1cccc(Oc2ccccc2)n1)C(=O)O. The molecule has 0 aliphatic carbocycles. The average molecular weight is 300 g/mol. The number of aliphatic carboxylic acids is 1. The van der Waals surface area contributed by atoms with Gasteiger partial charge in [-0.1, -0.05) is 38.1 Å². The van der Waals surface area contributed by atoms with E-state index in [1.54, 1.807) is 6.07 Å². The molecule has 1 aromatic heterocycles. The monoisotopic (exact) mass is 300 g/mol. The second-order valence-corrected chi connectivity index (χ2v) is 5.32. The van der Waals surface area contributed by atoms with Crippen molar-refractivity contribution in [2.24, 2.45) is 5.92 Å². The number of ether oxygens (including phenoxy) is 1. The zero-order chi connectivity index (χ0) is 15.9. The quantitative estimate of drug-likeness (QED) is 0.822. The van der Waals surface area contributed by atoms with E-state index in [0.29, 0.717) is 18.2 Å². The van der Waals surface area contributed by atoms with Crippen LogP contribution in [0.2, 0.25) is 0 Å². The number of pyridine rings is 1. The maximum atomic E-state index is 11.2. The van der Waals surface area contributed by atoms with Crippen molar-refractivity contribution >= 4 is 5.97 Å². The molecule has 1 heterocycles. The molecule has 0 saturated heterocycles. The van der Waals surface area contributed by atoms with Gasteiger partial charge in [-0.05, 0) is 24.1 Å². The highest BCUT2D eigenvalue weighted by molar-refractivity contribution is 5.73. The fraction of sp³-hybridized carbons (Fsp3) is 0.294. The normalized spacial score (nSPS) is 12.1. The highest BCUT2D eigenvalue weighted by atomic mass is 16.5. The first kappa shape index (κ1) is 16.0. The molecule has 22 heavy (non-hydrogen) atoms. The van der Waals surface area contributed by atoms with Crippen LogP contribution in [0.5, 0.6) is 11.6 Å². The Bertz CT molecular complexity index is 614. The number of para-hydroxylation sites is 1. The average Bonchev–Trinajstić information content (AvgIpc) is 2.48. The van der Waals surface area contributed by atoms with Crippen LogP contribution in [0.25, 0.3) is 0 Å². The van der Waals surface area contributed by atoms with Crippen molar-refractivity contribution < 1.29 is 14.6 Å². The Morgan fingerprint density at radius 2 is 1.91 bits per heavy atom. The topological polar surface area (TPSA) is 71.5 Å². The summed E-state index contributed by atoms with van der Waals surface area (Å²) in [6, 6.07) is 14.3. The van der Waals surface area contributed by atoms with E-state index in [9.17, 15) is 4.79 Å². The summed E-state index contributed by atoms with van der Waals surface area (Å²) in [4.78, 5) is 15.5. The Kier molecular flexibility index (Phi) is 5.49. The lowest BCUT2D eigenvalue weighted by molar-refractivity contribution is -0.140. The summed E-state index contributed by atoms with van der Waals surface area (Å²) < 4.78 is 5.67. The molecule has 1 atom stereocenters. The van der Waals surface area contributed by atoms with Crippen LogP contribution in [0, 0.1) is 5.92 Å². The van der Waals surface area contributed by atoms with Gasteiger partial charge in [-0.2, -0.15) is 0 Å². The van der Waals surface area contributed by atoms with E-state index in [-0.39, 0.29) is 5.92 Å². The van der Waals surface area contributed by atoms with Gasteiger partial charge in [-0.25, -0.2) is 4.98 Å². The summed E-state index contributed by atoms with van der Waals surface area (Å²) in [7, 11) is 0. The minimum absolute atomic E-state index is 0.00116. The molecule has 0 radical (unpaired) electrons. The van der Waals surface area contributed by atoms with E-state index in [4.69, 9.17) is 9.84 Å². The summed E-state index contributed by atoms with van der Waals surface area (Å²) >= 11 is 0. The molecule has 1 unspecified atom stereocenters. The predicted molar refractivity (Wildman–Crippen MR) is 83.9 cm³/mol. The number of nitrogens with zero attached hydrogens (tertiary/aromatic N) is 1. The second-order valence-electron chi connectivity index (χ2n) is 5.32. The fourth-order valence-electron chi connectivity index (χ4n) is 2.04. The smallest absolute Gasteiger partial charge is 0.320 e. The van der Waals surface area contributed by atoms with Gasteiger partial charge >= 0.3 is 5.97 Å². The summed E-state index contributed by atoms with van der Waals surface area (Å²) in [5, 5.41) is 12.2. The minimum atomic E-state index is -0.855. The van der Waals surface area contributed by atoms with Gasteiger partial charge < -0.3 is 9.84 Å². The molecular formula is C17H20N2O3. The van der Waals surface area contributed by atoms with Gasteiger partial charge in [0.2, 0.25) is 5.88 Å². The van der Waals surface area contributed by atoms with Crippen LogP contribution in [0.4, 0.5) is 0 Å². The molecule has 0 amide bonds. The van der Waals surface area contributed by atoms with Gasteiger partial charge in [0.25, 0.3) is 0 Å². The Balaban J connectivity index is 2.01. The van der Waals surface area contributed by atoms with Gasteiger partial charge in [0.05, 0.1) is 5.69 Å². The van der Waals surface area contributed by atoms with E-state index in [2.05, 4.69) is 10.3 Å². The van der Waals surface area contributed by atoms with E-state index in [1.165, 1.54) is 0 Å². The Morgan fingerprint density at radius 3 is 2.55 bits per heavy atom. The number of nitrogens with one attached hydrogen (secondary N) is 1. The number of aromatic nitrogens is 1. The molecule has 5 heteroatoms. The summed E-state index contributed by atoms with van der Waals surface area (Å²) in [5.74, 6) is 0.348. The molecule has 0 spiro atoms. The number of carboxylic acid groups (broad SMARTS) is 1. The molecule has 0 fully saturated rings. The maximum absolute atomic E-state index is 11.2. The molecule has 5 nitrogen and oxygen atoms in total. The molecule has 2 N–H and O–H groups in total. The van der Waals surface area contributed by atoms with Gasteiger partial charge in [0.1, 0.15) is 11.8 Å². The zero-order valence-electron chi connectivity index (χ0n) is 12.7. The van der Waals surface area contributed by atoms with Crippen molar-refractivity contribution in [2.75, 3.05) is 0 Å². The van der Waals surface area contributed by atoms with Gasteiger partial charge in [0.15, 0.2) is 0 Å². The molecule has 2 aromatic rings. The van der Waals surface area contributed by atoms with Crippen LogP contribution in [0.3, 0.4) is 0 Å². The Hall–Kier alpha value is -2.40. The van der Waals surface area contributed by atoms with E-state index in [1.807, 2.05) is 56.3 Å². The van der Waals surface area contributed by atoms with Gasteiger partial charge in [-0.15, -0.1) is 0 Å². The van der Waals surface area contributed by atoms with Crippen LogP contribution in [-0.2, 0) is 11.3 Å². The lowest BCUT2D eigenvalue weighted by atomic mass is 10.0.